The van der Waals surface area contributed by atoms with Crippen LogP contribution in [0.2, 0.25) is 0 Å². The highest BCUT2D eigenvalue weighted by atomic mass is 32.1. The zero-order chi connectivity index (χ0) is 20.7. The average molecular weight is 400 g/mol. The van der Waals surface area contributed by atoms with Crippen molar-refractivity contribution < 1.29 is 14.5 Å². The van der Waals surface area contributed by atoms with E-state index in [2.05, 4.69) is 16.0 Å². The summed E-state index contributed by atoms with van der Waals surface area (Å²) in [5.74, 6) is -0.479. The SMILES string of the molecule is CC(C)CC(=O)Nc1ccc(NC(=S)NC(=O)c2ccccc2[N+](=O)[O-])cc1. The number of carbonyl (C=O) groups excluding carboxylic acids is 2. The van der Waals surface area contributed by atoms with Gasteiger partial charge in [-0.25, -0.2) is 0 Å². The van der Waals surface area contributed by atoms with Crippen LogP contribution in [0, 0.1) is 16.0 Å². The van der Waals surface area contributed by atoms with Gasteiger partial charge in [-0.2, -0.15) is 0 Å². The van der Waals surface area contributed by atoms with E-state index in [0.29, 0.717) is 17.8 Å². The van der Waals surface area contributed by atoms with Crippen LogP contribution in [0.1, 0.15) is 30.6 Å². The Kier molecular flexibility index (Phi) is 7.16. The second-order valence-electron chi connectivity index (χ2n) is 6.41. The molecular formula is C19H20N4O4S. The van der Waals surface area contributed by atoms with Crippen molar-refractivity contribution in [3.63, 3.8) is 0 Å². The van der Waals surface area contributed by atoms with Gasteiger partial charge < -0.3 is 10.6 Å². The van der Waals surface area contributed by atoms with Crippen molar-refractivity contribution in [3.8, 4) is 0 Å². The van der Waals surface area contributed by atoms with Crippen LogP contribution < -0.4 is 16.0 Å². The van der Waals surface area contributed by atoms with Crippen LogP contribution in [0.3, 0.4) is 0 Å². The normalized spacial score (nSPS) is 10.2. The summed E-state index contributed by atoms with van der Waals surface area (Å²) in [6, 6.07) is 12.4. The highest BCUT2D eigenvalue weighted by Gasteiger charge is 2.19. The lowest BCUT2D eigenvalue weighted by Crippen LogP contribution is -2.34. The second-order valence-corrected chi connectivity index (χ2v) is 6.81. The summed E-state index contributed by atoms with van der Waals surface area (Å²) in [7, 11) is 0. The van der Waals surface area contributed by atoms with E-state index >= 15 is 0 Å². The quantitative estimate of drug-likeness (QED) is 0.387. The molecule has 0 fully saturated rings. The van der Waals surface area contributed by atoms with Crippen molar-refractivity contribution in [2.75, 3.05) is 10.6 Å². The molecule has 9 heteroatoms. The lowest BCUT2D eigenvalue weighted by Gasteiger charge is -2.11. The minimum atomic E-state index is -0.678. The Hall–Kier alpha value is -3.33. The largest absolute Gasteiger partial charge is 0.332 e. The summed E-state index contributed by atoms with van der Waals surface area (Å²) in [5, 5.41) is 19.0. The number of carbonyl (C=O) groups is 2. The summed E-state index contributed by atoms with van der Waals surface area (Å²) >= 11 is 5.09. The minimum Gasteiger partial charge on any atom is -0.332 e. The van der Waals surface area contributed by atoms with Gasteiger partial charge in [0.15, 0.2) is 5.11 Å². The van der Waals surface area contributed by atoms with E-state index in [1.54, 1.807) is 24.3 Å². The predicted octanol–water partition coefficient (Wildman–Crippen LogP) is 3.71. The molecule has 0 bridgehead atoms. The highest BCUT2D eigenvalue weighted by molar-refractivity contribution is 7.80. The number of benzene rings is 2. The topological polar surface area (TPSA) is 113 Å². The Bertz CT molecular complexity index is 897. The molecule has 2 amide bonds. The molecule has 0 heterocycles. The molecule has 0 atom stereocenters. The van der Waals surface area contributed by atoms with Gasteiger partial charge in [0.25, 0.3) is 11.6 Å². The second kappa shape index (κ2) is 9.56. The van der Waals surface area contributed by atoms with Crippen molar-refractivity contribution in [3.05, 3.63) is 64.2 Å². The van der Waals surface area contributed by atoms with Gasteiger partial charge in [-0.15, -0.1) is 0 Å². The summed E-state index contributed by atoms with van der Waals surface area (Å²) in [4.78, 5) is 34.4. The third-order valence-electron chi connectivity index (χ3n) is 3.59. The number of thiocarbonyl (C=S) groups is 1. The first-order valence-corrected chi connectivity index (χ1v) is 8.92. The van der Waals surface area contributed by atoms with Gasteiger partial charge in [0.2, 0.25) is 5.91 Å². The molecule has 3 N–H and O–H groups in total. The number of amides is 2. The Labute approximate surface area is 167 Å². The number of nitro groups is 1. The van der Waals surface area contributed by atoms with Gasteiger partial charge in [-0.05, 0) is 48.5 Å². The number of nitrogens with zero attached hydrogens (tertiary/aromatic N) is 1. The van der Waals surface area contributed by atoms with Crippen LogP contribution in [0.5, 0.6) is 0 Å². The van der Waals surface area contributed by atoms with E-state index in [9.17, 15) is 19.7 Å². The minimum absolute atomic E-state index is 0.000237. The summed E-state index contributed by atoms with van der Waals surface area (Å²) in [5.41, 5.74) is 0.852. The number of nitro benzene ring substituents is 1. The molecule has 0 aliphatic heterocycles. The Morgan fingerprint density at radius 3 is 2.18 bits per heavy atom. The number of hydrogen-bond donors (Lipinski definition) is 3. The smallest absolute Gasteiger partial charge is 0.282 e. The molecule has 0 aliphatic rings. The first kappa shape index (κ1) is 21.0. The first-order chi connectivity index (χ1) is 13.3. The van der Waals surface area contributed by atoms with Gasteiger partial charge in [0.1, 0.15) is 5.56 Å². The Balaban J connectivity index is 1.95. The van der Waals surface area contributed by atoms with Crippen molar-refractivity contribution in [1.82, 2.24) is 5.32 Å². The third kappa shape index (κ3) is 6.13. The van der Waals surface area contributed by atoms with E-state index in [1.165, 1.54) is 24.3 Å². The van der Waals surface area contributed by atoms with Crippen LogP contribution in [0.4, 0.5) is 17.1 Å². The predicted molar refractivity (Wildman–Crippen MR) is 111 cm³/mol. The monoisotopic (exact) mass is 400 g/mol. The van der Waals surface area contributed by atoms with Crippen molar-refractivity contribution >= 4 is 46.2 Å². The van der Waals surface area contributed by atoms with E-state index in [1.807, 2.05) is 13.8 Å². The molecule has 2 aromatic rings. The Morgan fingerprint density at radius 1 is 1.04 bits per heavy atom. The maximum absolute atomic E-state index is 12.2. The molecule has 8 nitrogen and oxygen atoms in total. The van der Waals surface area contributed by atoms with E-state index < -0.39 is 10.8 Å². The van der Waals surface area contributed by atoms with Crippen LogP contribution in [-0.2, 0) is 4.79 Å². The lowest BCUT2D eigenvalue weighted by atomic mass is 10.1. The molecule has 0 saturated heterocycles. The number of para-hydroxylation sites is 1. The molecule has 28 heavy (non-hydrogen) atoms. The third-order valence-corrected chi connectivity index (χ3v) is 3.80. The number of anilines is 2. The highest BCUT2D eigenvalue weighted by Crippen LogP contribution is 2.18. The van der Waals surface area contributed by atoms with Crippen molar-refractivity contribution in [1.29, 1.82) is 0 Å². The molecular weight excluding hydrogens is 380 g/mol. The molecule has 0 saturated carbocycles. The van der Waals surface area contributed by atoms with E-state index in [-0.39, 0.29) is 28.2 Å². The van der Waals surface area contributed by atoms with Crippen LogP contribution in [0.15, 0.2) is 48.5 Å². The molecule has 0 aromatic heterocycles. The fourth-order valence-corrected chi connectivity index (χ4v) is 2.59. The van der Waals surface area contributed by atoms with Crippen LogP contribution in [-0.4, -0.2) is 21.9 Å². The maximum Gasteiger partial charge on any atom is 0.282 e. The first-order valence-electron chi connectivity index (χ1n) is 8.52. The van der Waals surface area contributed by atoms with Gasteiger partial charge in [0, 0.05) is 23.9 Å². The molecule has 146 valence electrons. The van der Waals surface area contributed by atoms with Crippen LogP contribution in [0.25, 0.3) is 0 Å². The Morgan fingerprint density at radius 2 is 1.61 bits per heavy atom. The maximum atomic E-state index is 12.2. The van der Waals surface area contributed by atoms with Gasteiger partial charge in [-0.1, -0.05) is 26.0 Å². The molecule has 0 unspecified atom stereocenters. The molecule has 0 aliphatic carbocycles. The van der Waals surface area contributed by atoms with Gasteiger partial charge in [-0.3, -0.25) is 25.0 Å². The van der Waals surface area contributed by atoms with Crippen molar-refractivity contribution in [2.24, 2.45) is 5.92 Å². The molecule has 0 spiro atoms. The zero-order valence-electron chi connectivity index (χ0n) is 15.4. The lowest BCUT2D eigenvalue weighted by molar-refractivity contribution is -0.385. The molecule has 2 aromatic carbocycles. The van der Waals surface area contributed by atoms with Crippen LogP contribution >= 0.6 is 12.2 Å². The van der Waals surface area contributed by atoms with E-state index in [4.69, 9.17) is 12.2 Å². The summed E-state index contributed by atoms with van der Waals surface area (Å²) in [6.07, 6.45) is 0.432. The fourth-order valence-electron chi connectivity index (χ4n) is 2.38. The fraction of sp³-hybridized carbons (Fsp3) is 0.211. The number of rotatable bonds is 6. The molecule has 2 rings (SSSR count). The zero-order valence-corrected chi connectivity index (χ0v) is 16.2. The number of nitrogens with one attached hydrogen (secondary N) is 3. The summed E-state index contributed by atoms with van der Waals surface area (Å²) in [6.45, 7) is 3.93. The van der Waals surface area contributed by atoms with E-state index in [0.717, 1.165) is 0 Å². The number of hydrogen-bond acceptors (Lipinski definition) is 5. The molecule has 0 radical (unpaired) electrons. The summed E-state index contributed by atoms with van der Waals surface area (Å²) < 4.78 is 0. The van der Waals surface area contributed by atoms with Gasteiger partial charge >= 0.3 is 0 Å². The van der Waals surface area contributed by atoms with Gasteiger partial charge in [0.05, 0.1) is 4.92 Å². The van der Waals surface area contributed by atoms with Crippen molar-refractivity contribution in [2.45, 2.75) is 20.3 Å². The average Bonchev–Trinajstić information content (AvgIpc) is 2.62. The standard InChI is InChI=1S/C19H20N4O4S/c1-12(2)11-17(24)20-13-7-9-14(10-8-13)21-19(28)22-18(25)15-5-3-4-6-16(15)23(26)27/h3-10,12H,11H2,1-2H3,(H,20,24)(H2,21,22,25,28).